The number of anilines is 2. The molecule has 3 heterocycles. The lowest BCUT2D eigenvalue weighted by Crippen LogP contribution is -2.38. The zero-order chi connectivity index (χ0) is 27.2. The van der Waals surface area contributed by atoms with Crippen molar-refractivity contribution >= 4 is 39.9 Å². The highest BCUT2D eigenvalue weighted by molar-refractivity contribution is 6.06. The van der Waals surface area contributed by atoms with Crippen LogP contribution in [0.1, 0.15) is 38.2 Å². The van der Waals surface area contributed by atoms with Gasteiger partial charge in [-0.05, 0) is 43.9 Å². The molecule has 1 atom stereocenters. The van der Waals surface area contributed by atoms with Crippen LogP contribution in [0.4, 0.5) is 20.3 Å². The van der Waals surface area contributed by atoms with E-state index in [-0.39, 0.29) is 35.2 Å². The van der Waals surface area contributed by atoms with E-state index in [0.717, 1.165) is 12.8 Å². The molecule has 1 saturated heterocycles. The molecular weight excluding hydrogens is 490 g/mol. The summed E-state index contributed by atoms with van der Waals surface area (Å²) in [4.78, 5) is 35.0. The predicted molar refractivity (Wildman–Crippen MR) is 143 cm³/mol. The van der Waals surface area contributed by atoms with Crippen LogP contribution in [0.5, 0.6) is 0 Å². The van der Waals surface area contributed by atoms with Crippen LogP contribution < -0.4 is 11.1 Å². The lowest BCUT2D eigenvalue weighted by atomic mass is 9.81. The number of aromatic nitrogens is 3. The van der Waals surface area contributed by atoms with E-state index in [0.29, 0.717) is 46.6 Å². The fraction of sp³-hybridized carbons (Fsp3) is 0.357. The summed E-state index contributed by atoms with van der Waals surface area (Å²) >= 11 is 0. The molecule has 0 spiro atoms. The van der Waals surface area contributed by atoms with Crippen LogP contribution >= 0.6 is 0 Å². The number of alkyl halides is 2. The molecule has 38 heavy (non-hydrogen) atoms. The highest BCUT2D eigenvalue weighted by Crippen LogP contribution is 2.49. The van der Waals surface area contributed by atoms with Gasteiger partial charge in [-0.15, -0.1) is 0 Å². The lowest BCUT2D eigenvalue weighted by Gasteiger charge is -2.32. The molecule has 0 saturated carbocycles. The Kier molecular flexibility index (Phi) is 6.50. The zero-order valence-corrected chi connectivity index (χ0v) is 21.4. The molecule has 0 bridgehead atoms. The molecular formula is C28H30F2N6O2. The first-order valence-electron chi connectivity index (χ1n) is 12.6. The summed E-state index contributed by atoms with van der Waals surface area (Å²) in [6.45, 7) is 6.50. The molecule has 2 aliphatic rings. The van der Waals surface area contributed by atoms with Crippen LogP contribution in [-0.4, -0.2) is 50.3 Å². The van der Waals surface area contributed by atoms with E-state index in [1.807, 2.05) is 0 Å². The lowest BCUT2D eigenvalue weighted by molar-refractivity contribution is -0.137. The van der Waals surface area contributed by atoms with Crippen molar-refractivity contribution in [3.63, 3.8) is 0 Å². The Morgan fingerprint density at radius 3 is 2.47 bits per heavy atom. The summed E-state index contributed by atoms with van der Waals surface area (Å²) in [6, 6.07) is 6.89. The number of nitrogens with one attached hydrogen (secondary N) is 1. The topological polar surface area (TPSA) is 106 Å². The number of nitrogens with zero attached hydrogens (tertiary/aromatic N) is 4. The molecule has 10 heteroatoms. The first-order chi connectivity index (χ1) is 18.1. The largest absolute Gasteiger partial charge is 0.383 e. The molecule has 8 nitrogen and oxygen atoms in total. The fourth-order valence-electron chi connectivity index (χ4n) is 5.41. The van der Waals surface area contributed by atoms with E-state index in [1.54, 1.807) is 47.7 Å². The Bertz CT molecular complexity index is 1470. The van der Waals surface area contributed by atoms with Gasteiger partial charge < -0.3 is 20.5 Å². The Labute approximate surface area is 219 Å². The molecule has 198 valence electrons. The minimum atomic E-state index is -3.26. The number of amides is 2. The van der Waals surface area contributed by atoms with Crippen molar-refractivity contribution in [1.82, 2.24) is 19.4 Å². The van der Waals surface area contributed by atoms with Crippen LogP contribution in [0, 0.1) is 5.92 Å². The highest BCUT2D eigenvalue weighted by Gasteiger charge is 2.46. The average Bonchev–Trinajstić information content (AvgIpc) is 3.51. The van der Waals surface area contributed by atoms with Crippen LogP contribution in [0.3, 0.4) is 0 Å². The number of halogens is 2. The van der Waals surface area contributed by atoms with E-state index in [4.69, 9.17) is 5.73 Å². The Morgan fingerprint density at radius 2 is 1.84 bits per heavy atom. The Hall–Kier alpha value is -4.08. The Balaban J connectivity index is 1.60. The summed E-state index contributed by atoms with van der Waals surface area (Å²) in [6.07, 6.45) is 4.25. The fourth-order valence-corrected chi connectivity index (χ4v) is 5.41. The van der Waals surface area contributed by atoms with Crippen LogP contribution in [0.15, 0.2) is 48.8 Å². The van der Waals surface area contributed by atoms with E-state index in [1.165, 1.54) is 12.4 Å². The van der Waals surface area contributed by atoms with Crippen LogP contribution in [-0.2, 0) is 16.6 Å². The van der Waals surface area contributed by atoms with Gasteiger partial charge in [0.2, 0.25) is 5.91 Å². The first-order valence-corrected chi connectivity index (χ1v) is 12.6. The number of likely N-dealkylation sites (tertiary alicyclic amines) is 1. The molecule has 0 radical (unpaired) electrons. The molecule has 3 aromatic rings. The van der Waals surface area contributed by atoms with Gasteiger partial charge in [0.15, 0.2) is 0 Å². The maximum absolute atomic E-state index is 15.9. The number of carbonyl (C=O) groups excluding carboxylic acids is 2. The molecule has 1 fully saturated rings. The predicted octanol–water partition coefficient (Wildman–Crippen LogP) is 4.78. The number of allylic oxidation sites excluding steroid dienone is 2. The smallest absolute Gasteiger partial charge is 0.274 e. The second-order valence-electron chi connectivity index (χ2n) is 10.0. The maximum Gasteiger partial charge on any atom is 0.274 e. The quantitative estimate of drug-likeness (QED) is 0.471. The van der Waals surface area contributed by atoms with E-state index < -0.39 is 18.3 Å². The summed E-state index contributed by atoms with van der Waals surface area (Å²) in [5, 5.41) is 3.09. The zero-order valence-electron chi connectivity index (χ0n) is 21.4. The number of hydrogen-bond donors (Lipinski definition) is 2. The minimum absolute atomic E-state index is 0.101. The van der Waals surface area contributed by atoms with Crippen molar-refractivity contribution in [2.24, 2.45) is 13.0 Å². The van der Waals surface area contributed by atoms with Gasteiger partial charge in [0, 0.05) is 54.9 Å². The monoisotopic (exact) mass is 520 g/mol. The number of rotatable bonds is 5. The van der Waals surface area contributed by atoms with Gasteiger partial charge in [0.1, 0.15) is 17.8 Å². The van der Waals surface area contributed by atoms with Crippen molar-refractivity contribution in [2.45, 2.75) is 38.5 Å². The summed E-state index contributed by atoms with van der Waals surface area (Å²) < 4.78 is 33.6. The SMILES string of the molecule is C=C(C)C(=O)Nc1ccc(-c2c(C3=CCC(C(=O)N4CCCC4)CC3(F)F)c3c(N)ncnc3n2C)cc1. The van der Waals surface area contributed by atoms with Crippen molar-refractivity contribution in [1.29, 1.82) is 0 Å². The summed E-state index contributed by atoms with van der Waals surface area (Å²) in [5.74, 6) is -4.44. The molecule has 1 unspecified atom stereocenters. The molecule has 1 aliphatic heterocycles. The third kappa shape index (κ3) is 4.44. The van der Waals surface area contributed by atoms with Gasteiger partial charge in [-0.25, -0.2) is 18.7 Å². The number of fused-ring (bicyclic) bond motifs is 1. The Morgan fingerprint density at radius 1 is 1.16 bits per heavy atom. The number of carbonyl (C=O) groups is 2. The van der Waals surface area contributed by atoms with Crippen molar-refractivity contribution in [2.75, 3.05) is 24.1 Å². The highest BCUT2D eigenvalue weighted by atomic mass is 19.3. The van der Waals surface area contributed by atoms with Gasteiger partial charge in [-0.2, -0.15) is 0 Å². The standard InChI is InChI=1S/C28H30F2N6O2/c1-16(2)26(37)34-19-9-6-17(7-10-19)23-21(22-24(31)32-15-33-25(22)35(23)3)20-11-8-18(14-28(20,29)30)27(38)36-12-4-5-13-36/h6-7,9-11,15,18H,1,4-5,8,12-14H2,2-3H3,(H,34,37)(H2,31,32,33). The molecule has 1 aromatic carbocycles. The van der Waals surface area contributed by atoms with Crippen molar-refractivity contribution in [3.8, 4) is 11.3 Å². The van der Waals surface area contributed by atoms with Gasteiger partial charge in [0.05, 0.1) is 11.1 Å². The second kappa shape index (κ2) is 9.66. The van der Waals surface area contributed by atoms with Crippen LogP contribution in [0.2, 0.25) is 0 Å². The third-order valence-electron chi connectivity index (χ3n) is 7.34. The summed E-state index contributed by atoms with van der Waals surface area (Å²) in [5.41, 5.74) is 8.79. The van der Waals surface area contributed by atoms with Gasteiger partial charge in [-0.3, -0.25) is 9.59 Å². The second-order valence-corrected chi connectivity index (χ2v) is 10.0. The van der Waals surface area contributed by atoms with E-state index >= 15 is 8.78 Å². The van der Waals surface area contributed by atoms with Gasteiger partial charge >= 0.3 is 0 Å². The number of aryl methyl sites for hydroxylation is 1. The molecule has 2 aromatic heterocycles. The van der Waals surface area contributed by atoms with Crippen molar-refractivity contribution in [3.05, 3.63) is 54.4 Å². The minimum Gasteiger partial charge on any atom is -0.383 e. The first kappa shape index (κ1) is 25.6. The van der Waals surface area contributed by atoms with E-state index in [9.17, 15) is 9.59 Å². The molecule has 5 rings (SSSR count). The normalized spacial score (nSPS) is 18.9. The van der Waals surface area contributed by atoms with Gasteiger partial charge in [0.25, 0.3) is 11.8 Å². The molecule has 3 N–H and O–H groups in total. The molecule has 1 aliphatic carbocycles. The van der Waals surface area contributed by atoms with Gasteiger partial charge in [-0.1, -0.05) is 24.8 Å². The number of nitrogen functional groups attached to an aromatic ring is 1. The maximum atomic E-state index is 15.9. The number of benzene rings is 1. The van der Waals surface area contributed by atoms with Crippen molar-refractivity contribution < 1.29 is 18.4 Å². The average molecular weight is 521 g/mol. The van der Waals surface area contributed by atoms with Crippen LogP contribution in [0.25, 0.3) is 27.9 Å². The van der Waals surface area contributed by atoms with E-state index in [2.05, 4.69) is 21.9 Å². The number of hydrogen-bond acceptors (Lipinski definition) is 5. The molecule has 2 amide bonds. The third-order valence-corrected chi connectivity index (χ3v) is 7.34. The summed E-state index contributed by atoms with van der Waals surface area (Å²) in [7, 11) is 1.74. The number of nitrogens with two attached hydrogens (primary N) is 1.